The number of hydrogen-bond acceptors (Lipinski definition) is 4. The Hall–Kier alpha value is -1.80. The first-order chi connectivity index (χ1) is 9.27. The van der Waals surface area contributed by atoms with Crippen LogP contribution in [-0.4, -0.2) is 38.0 Å². The van der Waals surface area contributed by atoms with Gasteiger partial charge >= 0.3 is 6.18 Å². The van der Waals surface area contributed by atoms with E-state index in [0.29, 0.717) is 13.1 Å². The molecule has 5 nitrogen and oxygen atoms in total. The van der Waals surface area contributed by atoms with Gasteiger partial charge in [0.25, 0.3) is 5.91 Å². The van der Waals surface area contributed by atoms with Crippen molar-refractivity contribution < 1.29 is 18.0 Å². The number of hydrazine groups is 1. The largest absolute Gasteiger partial charge is 0.418 e. The van der Waals surface area contributed by atoms with Crippen molar-refractivity contribution >= 4 is 11.6 Å². The number of hydrogen-bond donors (Lipinski definition) is 3. The summed E-state index contributed by atoms with van der Waals surface area (Å²) < 4.78 is 38.4. The van der Waals surface area contributed by atoms with Gasteiger partial charge in [-0.3, -0.25) is 10.6 Å². The van der Waals surface area contributed by atoms with E-state index in [1.165, 1.54) is 12.1 Å². The van der Waals surface area contributed by atoms with Crippen LogP contribution in [0, 0.1) is 0 Å². The molecule has 1 aromatic rings. The summed E-state index contributed by atoms with van der Waals surface area (Å²) in [4.78, 5) is 13.7. The fraction of sp³-hybridized carbons (Fsp3) is 0.417. The zero-order chi connectivity index (χ0) is 15.3. The Kier molecular flexibility index (Phi) is 5.34. The third-order valence-electron chi connectivity index (χ3n) is 2.60. The van der Waals surface area contributed by atoms with Crippen molar-refractivity contribution in [3.8, 4) is 0 Å². The standard InChI is InChI=1S/C12H17F3N4O/c1-19(2)7-6-17-11(20)8-4-3-5-9(10(8)18-16)12(13,14)15/h3-5,18H,6-7,16H2,1-2H3,(H,17,20). The number of nitrogens with zero attached hydrogens (tertiary/aromatic N) is 1. The second kappa shape index (κ2) is 6.58. The molecule has 0 bridgehead atoms. The molecular formula is C12H17F3N4O. The minimum Gasteiger partial charge on any atom is -0.351 e. The molecule has 0 unspecified atom stereocenters. The van der Waals surface area contributed by atoms with Crippen LogP contribution < -0.4 is 16.6 Å². The Bertz CT molecular complexity index is 474. The Morgan fingerprint density at radius 3 is 2.50 bits per heavy atom. The third-order valence-corrected chi connectivity index (χ3v) is 2.60. The molecule has 4 N–H and O–H groups in total. The molecule has 0 heterocycles. The maximum Gasteiger partial charge on any atom is 0.418 e. The Labute approximate surface area is 114 Å². The first-order valence-corrected chi connectivity index (χ1v) is 5.87. The van der Waals surface area contributed by atoms with E-state index < -0.39 is 23.3 Å². The topological polar surface area (TPSA) is 70.4 Å². The smallest absolute Gasteiger partial charge is 0.351 e. The molecule has 1 amide bonds. The highest BCUT2D eigenvalue weighted by Gasteiger charge is 2.35. The molecule has 0 aromatic heterocycles. The number of alkyl halides is 3. The van der Waals surface area contributed by atoms with Gasteiger partial charge in [-0.2, -0.15) is 13.2 Å². The number of nitrogens with one attached hydrogen (secondary N) is 2. The molecule has 0 radical (unpaired) electrons. The monoisotopic (exact) mass is 290 g/mol. The first kappa shape index (κ1) is 16.3. The maximum atomic E-state index is 12.8. The summed E-state index contributed by atoms with van der Waals surface area (Å²) in [6, 6.07) is 3.33. The molecule has 1 aromatic carbocycles. The van der Waals surface area contributed by atoms with E-state index in [4.69, 9.17) is 5.84 Å². The highest BCUT2D eigenvalue weighted by Crippen LogP contribution is 2.36. The van der Waals surface area contributed by atoms with Crippen molar-refractivity contribution in [3.05, 3.63) is 29.3 Å². The third kappa shape index (κ3) is 4.10. The van der Waals surface area contributed by atoms with E-state index in [-0.39, 0.29) is 5.56 Å². The van der Waals surface area contributed by atoms with Crippen molar-refractivity contribution in [2.24, 2.45) is 5.84 Å². The predicted molar refractivity (Wildman–Crippen MR) is 70.1 cm³/mol. The van der Waals surface area contributed by atoms with Crippen molar-refractivity contribution in [3.63, 3.8) is 0 Å². The first-order valence-electron chi connectivity index (χ1n) is 5.87. The number of carbonyl (C=O) groups is 1. The van der Waals surface area contributed by atoms with Gasteiger partial charge in [0.1, 0.15) is 0 Å². The van der Waals surface area contributed by atoms with Crippen LogP contribution >= 0.6 is 0 Å². The minimum absolute atomic E-state index is 0.138. The summed E-state index contributed by atoms with van der Waals surface area (Å²) in [6.07, 6.45) is -4.58. The molecular weight excluding hydrogens is 273 g/mol. The van der Waals surface area contributed by atoms with Crippen molar-refractivity contribution in [1.29, 1.82) is 0 Å². The lowest BCUT2D eigenvalue weighted by atomic mass is 10.1. The van der Waals surface area contributed by atoms with E-state index in [0.717, 1.165) is 6.07 Å². The van der Waals surface area contributed by atoms with E-state index in [1.807, 2.05) is 24.4 Å². The molecule has 0 spiro atoms. The number of rotatable bonds is 5. The molecule has 20 heavy (non-hydrogen) atoms. The summed E-state index contributed by atoms with van der Waals surface area (Å²) in [5.41, 5.74) is 0.421. The second-order valence-electron chi connectivity index (χ2n) is 4.43. The number of nitrogen functional groups attached to an aromatic ring is 1. The summed E-state index contributed by atoms with van der Waals surface area (Å²) in [7, 11) is 3.65. The SMILES string of the molecule is CN(C)CCNC(=O)c1cccc(C(F)(F)F)c1NN. The van der Waals surface area contributed by atoms with Gasteiger partial charge in [0.15, 0.2) is 0 Å². The van der Waals surface area contributed by atoms with Crippen molar-refractivity contribution in [2.75, 3.05) is 32.6 Å². The van der Waals surface area contributed by atoms with Crippen LogP contribution in [0.15, 0.2) is 18.2 Å². The van der Waals surface area contributed by atoms with Gasteiger partial charge in [0, 0.05) is 13.1 Å². The van der Waals surface area contributed by atoms with E-state index in [1.54, 1.807) is 0 Å². The number of amides is 1. The zero-order valence-electron chi connectivity index (χ0n) is 11.2. The second-order valence-corrected chi connectivity index (χ2v) is 4.43. The van der Waals surface area contributed by atoms with E-state index in [9.17, 15) is 18.0 Å². The highest BCUT2D eigenvalue weighted by molar-refractivity contribution is 6.00. The predicted octanol–water partition coefficient (Wildman–Crippen LogP) is 1.28. The number of nitrogens with two attached hydrogens (primary N) is 1. The van der Waals surface area contributed by atoms with Crippen LogP contribution in [0.4, 0.5) is 18.9 Å². The Morgan fingerprint density at radius 2 is 2.00 bits per heavy atom. The van der Waals surface area contributed by atoms with Crippen LogP contribution in [0.1, 0.15) is 15.9 Å². The minimum atomic E-state index is -4.58. The van der Waals surface area contributed by atoms with Gasteiger partial charge in [0.05, 0.1) is 16.8 Å². The number of para-hydroxylation sites is 1. The summed E-state index contributed by atoms with van der Waals surface area (Å²) in [6.45, 7) is 0.905. The van der Waals surface area contributed by atoms with E-state index in [2.05, 4.69) is 5.32 Å². The summed E-state index contributed by atoms with van der Waals surface area (Å²) >= 11 is 0. The highest BCUT2D eigenvalue weighted by atomic mass is 19.4. The number of anilines is 1. The van der Waals surface area contributed by atoms with Crippen LogP contribution in [0.3, 0.4) is 0 Å². The molecule has 0 saturated carbocycles. The lowest BCUT2D eigenvalue weighted by Crippen LogP contribution is -2.32. The van der Waals surface area contributed by atoms with Crippen LogP contribution in [0.2, 0.25) is 0 Å². The van der Waals surface area contributed by atoms with Gasteiger partial charge in [-0.05, 0) is 26.2 Å². The molecule has 8 heteroatoms. The van der Waals surface area contributed by atoms with Crippen molar-refractivity contribution in [2.45, 2.75) is 6.18 Å². The zero-order valence-corrected chi connectivity index (χ0v) is 11.2. The van der Waals surface area contributed by atoms with Gasteiger partial charge in [-0.25, -0.2) is 0 Å². The summed E-state index contributed by atoms with van der Waals surface area (Å²) in [5, 5.41) is 2.54. The average molecular weight is 290 g/mol. The van der Waals surface area contributed by atoms with Gasteiger partial charge in [-0.15, -0.1) is 0 Å². The number of carbonyl (C=O) groups excluding carboxylic acids is 1. The molecule has 0 aliphatic rings. The van der Waals surface area contributed by atoms with E-state index >= 15 is 0 Å². The van der Waals surface area contributed by atoms with Gasteiger partial charge < -0.3 is 15.6 Å². The quantitative estimate of drug-likeness (QED) is 0.564. The average Bonchev–Trinajstić information content (AvgIpc) is 2.36. The molecule has 0 saturated heterocycles. The lowest BCUT2D eigenvalue weighted by Gasteiger charge is -2.16. The van der Waals surface area contributed by atoms with Crippen LogP contribution in [0.5, 0.6) is 0 Å². The molecule has 0 atom stereocenters. The molecule has 0 aliphatic carbocycles. The van der Waals surface area contributed by atoms with Gasteiger partial charge in [0.2, 0.25) is 0 Å². The number of benzene rings is 1. The fourth-order valence-corrected chi connectivity index (χ4v) is 1.62. The normalized spacial score (nSPS) is 11.6. The van der Waals surface area contributed by atoms with Crippen LogP contribution in [0.25, 0.3) is 0 Å². The molecule has 0 aliphatic heterocycles. The Balaban J connectivity index is 2.97. The summed E-state index contributed by atoms with van der Waals surface area (Å²) in [5.74, 6) is 4.52. The molecule has 1 rings (SSSR count). The number of likely N-dealkylation sites (N-methyl/N-ethyl adjacent to an activating group) is 1. The lowest BCUT2D eigenvalue weighted by molar-refractivity contribution is -0.137. The molecule has 112 valence electrons. The Morgan fingerprint density at radius 1 is 1.35 bits per heavy atom. The van der Waals surface area contributed by atoms with Gasteiger partial charge in [-0.1, -0.05) is 6.07 Å². The maximum absolute atomic E-state index is 12.8. The van der Waals surface area contributed by atoms with Crippen molar-refractivity contribution in [1.82, 2.24) is 10.2 Å². The fourth-order valence-electron chi connectivity index (χ4n) is 1.62. The van der Waals surface area contributed by atoms with Crippen LogP contribution in [-0.2, 0) is 6.18 Å². The molecule has 0 fully saturated rings. The number of halogens is 3.